The summed E-state index contributed by atoms with van der Waals surface area (Å²) in [6.45, 7) is 3.35. The van der Waals surface area contributed by atoms with Gasteiger partial charge in [0.05, 0.1) is 14.2 Å². The third-order valence-electron chi connectivity index (χ3n) is 5.25. The lowest BCUT2D eigenvalue weighted by atomic mass is 9.88. The summed E-state index contributed by atoms with van der Waals surface area (Å²) in [6, 6.07) is 7.07. The molecule has 6 heteroatoms. The molecule has 6 nitrogen and oxygen atoms in total. The highest BCUT2D eigenvalue weighted by molar-refractivity contribution is 5.77. The molecule has 1 aromatic heterocycles. The van der Waals surface area contributed by atoms with E-state index in [-0.39, 0.29) is 0 Å². The van der Waals surface area contributed by atoms with Crippen LogP contribution in [-0.2, 0) is 4.79 Å². The van der Waals surface area contributed by atoms with Crippen LogP contribution in [0.4, 0.5) is 0 Å². The van der Waals surface area contributed by atoms with Crippen LogP contribution >= 0.6 is 0 Å². The Balaban J connectivity index is 1.86. The predicted octanol–water partition coefficient (Wildman–Crippen LogP) is 3.41. The summed E-state index contributed by atoms with van der Waals surface area (Å²) in [7, 11) is 3.11. The Morgan fingerprint density at radius 3 is 2.41 bits per heavy atom. The number of benzene rings is 1. The van der Waals surface area contributed by atoms with Gasteiger partial charge in [0.15, 0.2) is 11.5 Å². The average Bonchev–Trinajstić information content (AvgIpc) is 2.68. The van der Waals surface area contributed by atoms with Gasteiger partial charge in [-0.05, 0) is 74.2 Å². The second-order valence-corrected chi connectivity index (χ2v) is 6.92. The van der Waals surface area contributed by atoms with Gasteiger partial charge in [0, 0.05) is 18.0 Å². The molecule has 1 aliphatic heterocycles. The molecule has 0 amide bonds. The van der Waals surface area contributed by atoms with Crippen LogP contribution in [0.1, 0.15) is 41.5 Å². The van der Waals surface area contributed by atoms with Gasteiger partial charge in [0.25, 0.3) is 0 Å². The number of aliphatic carboxylic acids is 1. The highest BCUT2D eigenvalue weighted by Crippen LogP contribution is 2.40. The summed E-state index contributed by atoms with van der Waals surface area (Å²) in [6.07, 6.45) is 5.45. The number of rotatable bonds is 6. The molecular weight excluding hydrogens is 344 g/mol. The lowest BCUT2D eigenvalue weighted by Crippen LogP contribution is -2.40. The zero-order valence-corrected chi connectivity index (χ0v) is 16.0. The van der Waals surface area contributed by atoms with Crippen molar-refractivity contribution in [2.24, 2.45) is 0 Å². The Kier molecular flexibility index (Phi) is 5.96. The van der Waals surface area contributed by atoms with E-state index in [1.54, 1.807) is 14.2 Å². The number of piperidine rings is 1. The van der Waals surface area contributed by atoms with Crippen LogP contribution in [0, 0.1) is 6.92 Å². The van der Waals surface area contributed by atoms with Crippen LogP contribution in [-0.4, -0.2) is 48.3 Å². The van der Waals surface area contributed by atoms with Crippen LogP contribution in [0.3, 0.4) is 0 Å². The van der Waals surface area contributed by atoms with Crippen LogP contribution < -0.4 is 9.47 Å². The average molecular weight is 370 g/mol. The lowest BCUT2D eigenvalue weighted by Gasteiger charge is -2.36. The second kappa shape index (κ2) is 8.39. The number of hydrogen-bond donors (Lipinski definition) is 1. The molecule has 27 heavy (non-hydrogen) atoms. The smallest absolute Gasteiger partial charge is 0.325 e. The summed E-state index contributed by atoms with van der Waals surface area (Å²) < 4.78 is 10.9. The molecule has 1 fully saturated rings. The van der Waals surface area contributed by atoms with Gasteiger partial charge in [-0.1, -0.05) is 0 Å². The summed E-state index contributed by atoms with van der Waals surface area (Å²) in [5.41, 5.74) is 2.86. The monoisotopic (exact) mass is 370 g/mol. The fourth-order valence-corrected chi connectivity index (χ4v) is 3.95. The SMILES string of the molecule is COc1cc(C)cc([C@@H](C(=O)O)N2CCC(c3ccncc3)CC2)c1OC. The van der Waals surface area contributed by atoms with Crippen LogP contribution in [0.2, 0.25) is 0 Å². The van der Waals surface area contributed by atoms with Gasteiger partial charge in [-0.15, -0.1) is 0 Å². The van der Waals surface area contributed by atoms with Crippen molar-refractivity contribution in [1.29, 1.82) is 0 Å². The minimum Gasteiger partial charge on any atom is -0.493 e. The maximum absolute atomic E-state index is 12.2. The topological polar surface area (TPSA) is 71.9 Å². The molecular formula is C21H26N2O4. The molecule has 0 radical (unpaired) electrons. The first-order chi connectivity index (χ1) is 13.0. The Bertz CT molecular complexity index is 786. The van der Waals surface area contributed by atoms with E-state index in [0.29, 0.717) is 36.1 Å². The molecule has 0 aliphatic carbocycles. The first-order valence-electron chi connectivity index (χ1n) is 9.14. The van der Waals surface area contributed by atoms with Gasteiger partial charge in [-0.3, -0.25) is 14.7 Å². The third-order valence-corrected chi connectivity index (χ3v) is 5.25. The van der Waals surface area contributed by atoms with E-state index in [2.05, 4.69) is 4.98 Å². The zero-order chi connectivity index (χ0) is 19.4. The molecule has 0 bridgehead atoms. The maximum atomic E-state index is 12.2. The van der Waals surface area contributed by atoms with E-state index in [1.807, 2.05) is 48.5 Å². The van der Waals surface area contributed by atoms with Crippen molar-refractivity contribution in [1.82, 2.24) is 9.88 Å². The molecule has 1 saturated heterocycles. The van der Waals surface area contributed by atoms with Crippen LogP contribution in [0.15, 0.2) is 36.7 Å². The largest absolute Gasteiger partial charge is 0.493 e. The van der Waals surface area contributed by atoms with Crippen molar-refractivity contribution in [3.63, 3.8) is 0 Å². The molecule has 0 unspecified atom stereocenters. The summed E-state index contributed by atoms with van der Waals surface area (Å²) in [4.78, 5) is 18.3. The van der Waals surface area contributed by atoms with Gasteiger partial charge < -0.3 is 14.6 Å². The van der Waals surface area contributed by atoms with E-state index >= 15 is 0 Å². The van der Waals surface area contributed by atoms with Crippen molar-refractivity contribution >= 4 is 5.97 Å². The first-order valence-corrected chi connectivity index (χ1v) is 9.14. The third kappa shape index (κ3) is 4.06. The molecule has 1 aromatic carbocycles. The summed E-state index contributed by atoms with van der Waals surface area (Å²) in [5, 5.41) is 9.99. The molecule has 1 N–H and O–H groups in total. The number of carboxylic acids is 1. The van der Waals surface area contributed by atoms with Gasteiger partial charge in [-0.25, -0.2) is 0 Å². The van der Waals surface area contributed by atoms with Gasteiger partial charge >= 0.3 is 5.97 Å². The normalized spacial score (nSPS) is 16.7. The van der Waals surface area contributed by atoms with Gasteiger partial charge in [0.2, 0.25) is 0 Å². The molecule has 2 heterocycles. The number of ether oxygens (including phenoxy) is 2. The van der Waals surface area contributed by atoms with Crippen molar-refractivity contribution in [3.05, 3.63) is 53.3 Å². The van der Waals surface area contributed by atoms with Crippen molar-refractivity contribution in [3.8, 4) is 11.5 Å². The van der Waals surface area contributed by atoms with E-state index < -0.39 is 12.0 Å². The first kappa shape index (κ1) is 19.2. The highest BCUT2D eigenvalue weighted by Gasteiger charge is 2.34. The minimum absolute atomic E-state index is 0.438. The number of pyridine rings is 1. The standard InChI is InChI=1S/C21H26N2O4/c1-14-12-17(20(27-3)18(13-14)26-2)19(21(24)25)23-10-6-16(7-11-23)15-4-8-22-9-5-15/h4-5,8-9,12-13,16,19H,6-7,10-11H2,1-3H3,(H,24,25)/t19-/m0/s1. The van der Waals surface area contributed by atoms with E-state index in [9.17, 15) is 9.90 Å². The second-order valence-electron chi connectivity index (χ2n) is 6.92. The van der Waals surface area contributed by atoms with E-state index in [0.717, 1.165) is 18.4 Å². The Hall–Kier alpha value is -2.60. The number of nitrogens with zero attached hydrogens (tertiary/aromatic N) is 2. The highest BCUT2D eigenvalue weighted by atomic mass is 16.5. The number of carboxylic acid groups (broad SMARTS) is 1. The van der Waals surface area contributed by atoms with E-state index in [4.69, 9.17) is 9.47 Å². The Morgan fingerprint density at radius 2 is 1.85 bits per heavy atom. The number of aryl methyl sites for hydroxylation is 1. The molecule has 2 aromatic rings. The molecule has 144 valence electrons. The fraction of sp³-hybridized carbons (Fsp3) is 0.429. The minimum atomic E-state index is -0.872. The Morgan fingerprint density at radius 1 is 1.19 bits per heavy atom. The van der Waals surface area contributed by atoms with E-state index in [1.165, 1.54) is 5.56 Å². The maximum Gasteiger partial charge on any atom is 0.325 e. The Labute approximate surface area is 159 Å². The number of likely N-dealkylation sites (tertiary alicyclic amines) is 1. The number of methoxy groups -OCH3 is 2. The van der Waals surface area contributed by atoms with Gasteiger partial charge in [0.1, 0.15) is 6.04 Å². The number of aromatic nitrogens is 1. The van der Waals surface area contributed by atoms with Crippen molar-refractivity contribution in [2.45, 2.75) is 31.7 Å². The van der Waals surface area contributed by atoms with Crippen LogP contribution in [0.5, 0.6) is 11.5 Å². The zero-order valence-electron chi connectivity index (χ0n) is 16.0. The molecule has 3 rings (SSSR count). The van der Waals surface area contributed by atoms with Crippen molar-refractivity contribution < 1.29 is 19.4 Å². The molecule has 0 saturated carbocycles. The fourth-order valence-electron chi connectivity index (χ4n) is 3.95. The predicted molar refractivity (Wildman–Crippen MR) is 102 cm³/mol. The van der Waals surface area contributed by atoms with Crippen LogP contribution in [0.25, 0.3) is 0 Å². The molecule has 1 atom stereocenters. The summed E-state index contributed by atoms with van der Waals surface area (Å²) >= 11 is 0. The molecule has 0 spiro atoms. The molecule has 1 aliphatic rings. The number of hydrogen-bond acceptors (Lipinski definition) is 5. The van der Waals surface area contributed by atoms with Gasteiger partial charge in [-0.2, -0.15) is 0 Å². The number of carbonyl (C=O) groups is 1. The summed E-state index contributed by atoms with van der Waals surface area (Å²) in [5.74, 6) is 0.619. The quantitative estimate of drug-likeness (QED) is 0.840. The van der Waals surface area contributed by atoms with Crippen molar-refractivity contribution in [2.75, 3.05) is 27.3 Å². The lowest BCUT2D eigenvalue weighted by molar-refractivity contribution is -0.144.